The number of fused-ring (bicyclic) bond motifs is 1. The second kappa shape index (κ2) is 9.61. The largest absolute Gasteiger partial charge is 0.366 e. The van der Waals surface area contributed by atoms with E-state index in [1.807, 2.05) is 18.2 Å². The molecule has 1 aliphatic rings. The van der Waals surface area contributed by atoms with E-state index in [9.17, 15) is 18.1 Å². The zero-order valence-corrected chi connectivity index (χ0v) is 18.5. The fourth-order valence-corrected chi connectivity index (χ4v) is 5.52. The van der Waals surface area contributed by atoms with Crippen molar-refractivity contribution in [1.29, 1.82) is 5.26 Å². The Morgan fingerprint density at radius 3 is 2.16 bits per heavy atom. The molecule has 1 heterocycles. The summed E-state index contributed by atoms with van der Waals surface area (Å²) in [6.45, 7) is 0. The molecule has 0 radical (unpaired) electrons. The predicted molar refractivity (Wildman–Crippen MR) is 121 cm³/mol. The van der Waals surface area contributed by atoms with E-state index in [2.05, 4.69) is 15.3 Å². The molecule has 1 saturated carbocycles. The monoisotopic (exact) mass is 452 g/mol. The lowest BCUT2D eigenvalue weighted by atomic mass is 9.96. The first-order valence-corrected chi connectivity index (χ1v) is 12.5. The molecule has 4 rings (SSSR count). The van der Waals surface area contributed by atoms with Gasteiger partial charge in [0.05, 0.1) is 22.0 Å². The van der Waals surface area contributed by atoms with Crippen LogP contribution < -0.4 is 5.32 Å². The second-order valence-electron chi connectivity index (χ2n) is 8.14. The van der Waals surface area contributed by atoms with Gasteiger partial charge < -0.3 is 5.32 Å². The van der Waals surface area contributed by atoms with E-state index < -0.39 is 20.9 Å². The van der Waals surface area contributed by atoms with Crippen molar-refractivity contribution in [3.8, 4) is 6.07 Å². The highest BCUT2D eigenvalue weighted by molar-refractivity contribution is 7.92. The number of nitrogens with one attached hydrogen (secondary N) is 1. The Morgan fingerprint density at radius 1 is 0.938 bits per heavy atom. The third kappa shape index (κ3) is 4.73. The number of hydrogen-bond acceptors (Lipinski definition) is 6. The summed E-state index contributed by atoms with van der Waals surface area (Å²) in [5.74, 6) is -0.221. The number of anilines is 1. The van der Waals surface area contributed by atoms with Crippen LogP contribution in [-0.4, -0.2) is 24.4 Å². The zero-order chi connectivity index (χ0) is 22.6. The first-order chi connectivity index (χ1) is 15.5. The minimum Gasteiger partial charge on any atom is -0.366 e. The van der Waals surface area contributed by atoms with Crippen molar-refractivity contribution in [2.24, 2.45) is 0 Å². The number of hydrogen-bond donors (Lipinski definition) is 1. The predicted octanol–water partition coefficient (Wildman–Crippen LogP) is 5.33. The van der Waals surface area contributed by atoms with Gasteiger partial charge in [0.2, 0.25) is 9.84 Å². The van der Waals surface area contributed by atoms with Crippen molar-refractivity contribution >= 4 is 26.7 Å². The van der Waals surface area contributed by atoms with Gasteiger partial charge in [-0.25, -0.2) is 22.8 Å². The molecule has 8 heteroatoms. The van der Waals surface area contributed by atoms with Gasteiger partial charge in [0.1, 0.15) is 11.5 Å². The molecule has 1 aliphatic carbocycles. The first kappa shape index (κ1) is 22.2. The van der Waals surface area contributed by atoms with Crippen molar-refractivity contribution in [3.63, 3.8) is 0 Å². The van der Waals surface area contributed by atoms with Crippen LogP contribution in [0.15, 0.2) is 53.4 Å². The quantitative estimate of drug-likeness (QED) is 0.526. The Labute approximate surface area is 187 Å². The fraction of sp³-hybridized carbons (Fsp3) is 0.375. The highest BCUT2D eigenvalue weighted by Crippen LogP contribution is 2.33. The smallest absolute Gasteiger partial charge is 0.200 e. The minimum atomic E-state index is -4.14. The van der Waals surface area contributed by atoms with Crippen LogP contribution in [0.2, 0.25) is 0 Å². The summed E-state index contributed by atoms with van der Waals surface area (Å²) in [5.41, 5.74) is 1.22. The Morgan fingerprint density at radius 2 is 1.53 bits per heavy atom. The van der Waals surface area contributed by atoms with Crippen LogP contribution in [0.25, 0.3) is 11.0 Å². The van der Waals surface area contributed by atoms with Crippen LogP contribution in [0.4, 0.5) is 10.2 Å². The molecule has 2 aromatic carbocycles. The van der Waals surface area contributed by atoms with E-state index in [0.717, 1.165) is 37.8 Å². The van der Waals surface area contributed by atoms with Crippen LogP contribution in [0, 0.1) is 17.1 Å². The molecular formula is C24H25FN4O2S. The molecule has 6 nitrogen and oxygen atoms in total. The number of nitriles is 1. The highest BCUT2D eigenvalue weighted by Gasteiger charge is 2.34. The number of rotatable bonds is 5. The maximum Gasteiger partial charge on any atom is 0.200 e. The molecule has 3 aromatic rings. The third-order valence-electron chi connectivity index (χ3n) is 5.86. The van der Waals surface area contributed by atoms with Crippen molar-refractivity contribution in [2.45, 2.75) is 61.1 Å². The zero-order valence-electron chi connectivity index (χ0n) is 17.7. The molecule has 0 spiro atoms. The SMILES string of the molecule is N#CC(c1nc2ccccc2nc1NC1CCCCCCC1)S(=O)(=O)c1ccc(F)cc1. The lowest BCUT2D eigenvalue weighted by molar-refractivity contribution is 0.470. The maximum atomic E-state index is 13.3. The number of sulfone groups is 1. The Kier molecular flexibility index (Phi) is 6.66. The van der Waals surface area contributed by atoms with Gasteiger partial charge in [-0.15, -0.1) is 0 Å². The van der Waals surface area contributed by atoms with Crippen molar-refractivity contribution in [3.05, 3.63) is 60.0 Å². The van der Waals surface area contributed by atoms with E-state index in [1.54, 1.807) is 12.1 Å². The van der Waals surface area contributed by atoms with Gasteiger partial charge >= 0.3 is 0 Å². The summed E-state index contributed by atoms with van der Waals surface area (Å²) >= 11 is 0. The average molecular weight is 453 g/mol. The van der Waals surface area contributed by atoms with Gasteiger partial charge in [0.15, 0.2) is 11.1 Å². The number of halogens is 1. The Hall–Kier alpha value is -3.05. The summed E-state index contributed by atoms with van der Waals surface area (Å²) in [5, 5.41) is 11.8. The molecule has 1 unspecified atom stereocenters. The molecule has 0 aliphatic heterocycles. The molecule has 1 fully saturated rings. The van der Waals surface area contributed by atoms with E-state index in [1.165, 1.54) is 31.4 Å². The standard InChI is InChI=1S/C24H25FN4O2S/c25-17-12-14-19(15-13-17)32(30,31)22(16-26)23-24(27-18-8-4-2-1-3-5-9-18)29-21-11-7-6-10-20(21)28-23/h6-7,10-15,18,22H,1-5,8-9H2,(H,27,29). The van der Waals surface area contributed by atoms with Crippen LogP contribution >= 0.6 is 0 Å². The minimum absolute atomic E-state index is 0.0811. The summed E-state index contributed by atoms with van der Waals surface area (Å²) < 4.78 is 40.0. The molecule has 166 valence electrons. The summed E-state index contributed by atoms with van der Waals surface area (Å²) in [7, 11) is -4.14. The molecule has 0 bridgehead atoms. The van der Waals surface area contributed by atoms with Crippen molar-refractivity contribution in [1.82, 2.24) is 9.97 Å². The van der Waals surface area contributed by atoms with E-state index in [0.29, 0.717) is 16.9 Å². The van der Waals surface area contributed by atoms with Gasteiger partial charge in [0, 0.05) is 6.04 Å². The fourth-order valence-electron chi connectivity index (χ4n) is 4.13. The summed E-state index contributed by atoms with van der Waals surface area (Å²) in [6.07, 6.45) is 7.67. The van der Waals surface area contributed by atoms with E-state index >= 15 is 0 Å². The van der Waals surface area contributed by atoms with Crippen molar-refractivity contribution in [2.75, 3.05) is 5.32 Å². The van der Waals surface area contributed by atoms with Crippen LogP contribution in [-0.2, 0) is 9.84 Å². The van der Waals surface area contributed by atoms with Gasteiger partial charge in [0.25, 0.3) is 0 Å². The number of benzene rings is 2. The van der Waals surface area contributed by atoms with E-state index in [-0.39, 0.29) is 16.6 Å². The highest BCUT2D eigenvalue weighted by atomic mass is 32.2. The Bertz CT molecular complexity index is 1230. The summed E-state index contributed by atoms with van der Waals surface area (Å²) in [6, 6.07) is 13.7. The van der Waals surface area contributed by atoms with Crippen molar-refractivity contribution < 1.29 is 12.8 Å². The molecule has 0 amide bonds. The molecular weight excluding hydrogens is 427 g/mol. The lowest BCUT2D eigenvalue weighted by Gasteiger charge is -2.24. The number of para-hydroxylation sites is 2. The molecule has 32 heavy (non-hydrogen) atoms. The second-order valence-corrected chi connectivity index (χ2v) is 10.2. The normalized spacial score (nSPS) is 16.6. The van der Waals surface area contributed by atoms with Crippen LogP contribution in [0.3, 0.4) is 0 Å². The molecule has 1 aromatic heterocycles. The number of aromatic nitrogens is 2. The van der Waals surface area contributed by atoms with Gasteiger partial charge in [-0.3, -0.25) is 0 Å². The number of nitrogens with zero attached hydrogens (tertiary/aromatic N) is 3. The van der Waals surface area contributed by atoms with E-state index in [4.69, 9.17) is 0 Å². The Balaban J connectivity index is 1.79. The van der Waals surface area contributed by atoms with Gasteiger partial charge in [-0.1, -0.05) is 44.2 Å². The van der Waals surface area contributed by atoms with Gasteiger partial charge in [-0.05, 0) is 49.2 Å². The van der Waals surface area contributed by atoms with Crippen LogP contribution in [0.1, 0.15) is 55.9 Å². The molecule has 1 atom stereocenters. The topological polar surface area (TPSA) is 95.7 Å². The molecule has 1 N–H and O–H groups in total. The molecule has 0 saturated heterocycles. The first-order valence-electron chi connectivity index (χ1n) is 10.9. The summed E-state index contributed by atoms with van der Waals surface area (Å²) in [4.78, 5) is 9.10. The van der Waals surface area contributed by atoms with Crippen LogP contribution in [0.5, 0.6) is 0 Å². The van der Waals surface area contributed by atoms with Gasteiger partial charge in [-0.2, -0.15) is 5.26 Å². The lowest BCUT2D eigenvalue weighted by Crippen LogP contribution is -2.24. The maximum absolute atomic E-state index is 13.3. The third-order valence-corrected chi connectivity index (χ3v) is 7.74. The average Bonchev–Trinajstić information content (AvgIpc) is 2.76.